The molecule has 0 radical (unpaired) electrons. The Labute approximate surface area is 187 Å². The molecule has 3 aromatic heterocycles. The van der Waals surface area contributed by atoms with Crippen molar-refractivity contribution >= 4 is 10.9 Å². The van der Waals surface area contributed by atoms with Gasteiger partial charge in [0, 0.05) is 36.6 Å². The third-order valence-corrected chi connectivity index (χ3v) is 5.94. The molecule has 166 valence electrons. The van der Waals surface area contributed by atoms with E-state index in [2.05, 4.69) is 57.2 Å². The molecule has 8 nitrogen and oxygen atoms in total. The van der Waals surface area contributed by atoms with Crippen LogP contribution in [0.4, 0.5) is 0 Å². The molecule has 0 saturated carbocycles. The van der Waals surface area contributed by atoms with Crippen molar-refractivity contribution in [1.29, 1.82) is 0 Å². The minimum atomic E-state index is -0.198. The molecule has 1 aromatic carbocycles. The molecule has 4 rings (SSSR count). The van der Waals surface area contributed by atoms with Crippen LogP contribution in [-0.2, 0) is 25.2 Å². The zero-order valence-electron chi connectivity index (χ0n) is 19.0. The molecule has 0 spiro atoms. The Hall–Kier alpha value is -3.39. The third kappa shape index (κ3) is 4.75. The van der Waals surface area contributed by atoms with E-state index in [1.54, 1.807) is 6.20 Å². The molecule has 1 N–H and O–H groups in total. The van der Waals surface area contributed by atoms with Crippen LogP contribution >= 0.6 is 0 Å². The predicted octanol–water partition coefficient (Wildman–Crippen LogP) is 3.57. The van der Waals surface area contributed by atoms with Gasteiger partial charge in [-0.25, -0.2) is 4.68 Å². The van der Waals surface area contributed by atoms with E-state index in [-0.39, 0.29) is 11.1 Å². The number of benzene rings is 1. The highest BCUT2D eigenvalue weighted by Gasteiger charge is 2.25. The maximum atomic E-state index is 12.8. The first-order valence-corrected chi connectivity index (χ1v) is 10.9. The third-order valence-electron chi connectivity index (χ3n) is 5.94. The van der Waals surface area contributed by atoms with Crippen molar-refractivity contribution < 1.29 is 0 Å². The number of rotatable bonds is 8. The Balaban J connectivity index is 1.68. The Kier molecular flexibility index (Phi) is 6.14. The van der Waals surface area contributed by atoms with Gasteiger partial charge in [-0.2, -0.15) is 0 Å². The lowest BCUT2D eigenvalue weighted by Crippen LogP contribution is -2.32. The van der Waals surface area contributed by atoms with Crippen molar-refractivity contribution in [2.24, 2.45) is 0 Å². The van der Waals surface area contributed by atoms with Gasteiger partial charge in [0.2, 0.25) is 0 Å². The number of aryl methyl sites for hydroxylation is 1. The summed E-state index contributed by atoms with van der Waals surface area (Å²) >= 11 is 0. The number of hydrogen-bond acceptors (Lipinski definition) is 6. The number of tetrazole rings is 1. The first-order chi connectivity index (χ1) is 15.4. The SMILES string of the molecule is CCC(C)(C)n1nnnc1CN(Cc1cccnc1)Cc1cc2cc(C)ccc2[nH]c1=O. The van der Waals surface area contributed by atoms with Crippen molar-refractivity contribution in [2.45, 2.75) is 59.3 Å². The van der Waals surface area contributed by atoms with E-state index < -0.39 is 0 Å². The maximum Gasteiger partial charge on any atom is 0.252 e. The van der Waals surface area contributed by atoms with Crippen LogP contribution in [0.5, 0.6) is 0 Å². The van der Waals surface area contributed by atoms with E-state index in [1.165, 1.54) is 0 Å². The predicted molar refractivity (Wildman–Crippen MR) is 124 cm³/mol. The highest BCUT2D eigenvalue weighted by Crippen LogP contribution is 2.21. The second-order valence-electron chi connectivity index (χ2n) is 8.89. The van der Waals surface area contributed by atoms with Gasteiger partial charge in [-0.15, -0.1) is 5.10 Å². The molecule has 0 aliphatic heterocycles. The number of fused-ring (bicyclic) bond motifs is 1. The number of nitrogens with one attached hydrogen (secondary N) is 1. The number of pyridine rings is 2. The summed E-state index contributed by atoms with van der Waals surface area (Å²) in [4.78, 5) is 22.3. The quantitative estimate of drug-likeness (QED) is 0.459. The maximum absolute atomic E-state index is 12.8. The Morgan fingerprint density at radius 3 is 2.72 bits per heavy atom. The van der Waals surface area contributed by atoms with Crippen LogP contribution in [0.1, 0.15) is 49.7 Å². The smallest absolute Gasteiger partial charge is 0.252 e. The summed E-state index contributed by atoms with van der Waals surface area (Å²) in [5.41, 5.74) is 3.50. The second-order valence-corrected chi connectivity index (χ2v) is 8.89. The van der Waals surface area contributed by atoms with Gasteiger partial charge in [0.1, 0.15) is 0 Å². The Morgan fingerprint density at radius 2 is 1.97 bits per heavy atom. The monoisotopic (exact) mass is 431 g/mol. The lowest BCUT2D eigenvalue weighted by molar-refractivity contribution is 0.216. The van der Waals surface area contributed by atoms with Crippen LogP contribution < -0.4 is 5.56 Å². The molecule has 0 saturated heterocycles. The van der Waals surface area contributed by atoms with Gasteiger partial charge >= 0.3 is 0 Å². The van der Waals surface area contributed by atoms with Crippen LogP contribution in [0.2, 0.25) is 0 Å². The van der Waals surface area contributed by atoms with Crippen molar-refractivity contribution in [3.05, 3.63) is 81.7 Å². The van der Waals surface area contributed by atoms with E-state index in [0.717, 1.165) is 34.3 Å². The van der Waals surface area contributed by atoms with E-state index >= 15 is 0 Å². The number of aromatic nitrogens is 6. The van der Waals surface area contributed by atoms with Crippen molar-refractivity contribution in [2.75, 3.05) is 0 Å². The number of nitrogens with zero attached hydrogens (tertiary/aromatic N) is 6. The van der Waals surface area contributed by atoms with Gasteiger partial charge in [0.05, 0.1) is 12.1 Å². The van der Waals surface area contributed by atoms with E-state index in [1.807, 2.05) is 48.1 Å². The van der Waals surface area contributed by atoms with Gasteiger partial charge in [-0.3, -0.25) is 14.7 Å². The highest BCUT2D eigenvalue weighted by molar-refractivity contribution is 5.79. The van der Waals surface area contributed by atoms with Gasteiger partial charge in [-0.05, 0) is 72.8 Å². The standard InChI is InChI=1S/C24H29N7O/c1-5-24(3,4)31-22(27-28-29-31)16-30(14-18-7-6-10-25-13-18)15-20-12-19-11-17(2)8-9-21(19)26-23(20)32/h6-13H,5,14-16H2,1-4H3,(H,26,32). The number of hydrogen-bond donors (Lipinski definition) is 1. The average Bonchev–Trinajstić information content (AvgIpc) is 3.24. The lowest BCUT2D eigenvalue weighted by Gasteiger charge is -2.27. The normalized spacial score (nSPS) is 12.0. The summed E-state index contributed by atoms with van der Waals surface area (Å²) in [6.07, 6.45) is 4.51. The first-order valence-electron chi connectivity index (χ1n) is 10.9. The van der Waals surface area contributed by atoms with Crippen molar-refractivity contribution in [3.8, 4) is 0 Å². The molecular weight excluding hydrogens is 402 g/mol. The summed E-state index contributed by atoms with van der Waals surface area (Å²) in [7, 11) is 0. The zero-order valence-corrected chi connectivity index (χ0v) is 19.0. The van der Waals surface area contributed by atoms with Gasteiger partial charge < -0.3 is 4.98 Å². The fraction of sp³-hybridized carbons (Fsp3) is 0.375. The van der Waals surface area contributed by atoms with Crippen LogP contribution in [0.25, 0.3) is 10.9 Å². The van der Waals surface area contributed by atoms with Crippen LogP contribution in [-0.4, -0.2) is 35.1 Å². The summed E-state index contributed by atoms with van der Waals surface area (Å²) in [6, 6.07) is 12.0. The second kappa shape index (κ2) is 9.00. The summed E-state index contributed by atoms with van der Waals surface area (Å²) in [5.74, 6) is 0.772. The summed E-state index contributed by atoms with van der Waals surface area (Å²) < 4.78 is 1.89. The van der Waals surface area contributed by atoms with E-state index in [4.69, 9.17) is 0 Å². The van der Waals surface area contributed by atoms with Crippen LogP contribution in [0.15, 0.2) is 53.6 Å². The molecule has 0 amide bonds. The molecule has 8 heteroatoms. The van der Waals surface area contributed by atoms with Crippen molar-refractivity contribution in [1.82, 2.24) is 35.1 Å². The molecule has 0 fully saturated rings. The summed E-state index contributed by atoms with van der Waals surface area (Å²) in [6.45, 7) is 10.0. The average molecular weight is 432 g/mol. The minimum absolute atomic E-state index is 0.0778. The summed E-state index contributed by atoms with van der Waals surface area (Å²) in [5, 5.41) is 13.5. The molecule has 0 aliphatic rings. The lowest BCUT2D eigenvalue weighted by atomic mass is 10.0. The van der Waals surface area contributed by atoms with E-state index in [0.29, 0.717) is 25.2 Å². The molecular formula is C24H29N7O. The Bertz CT molecular complexity index is 1260. The zero-order chi connectivity index (χ0) is 22.7. The molecule has 0 bridgehead atoms. The molecule has 4 aromatic rings. The van der Waals surface area contributed by atoms with E-state index in [9.17, 15) is 4.79 Å². The molecule has 0 atom stereocenters. The highest BCUT2D eigenvalue weighted by atomic mass is 16.1. The largest absolute Gasteiger partial charge is 0.322 e. The number of aromatic amines is 1. The molecule has 0 aliphatic carbocycles. The van der Waals surface area contributed by atoms with Gasteiger partial charge in [0.25, 0.3) is 5.56 Å². The van der Waals surface area contributed by atoms with Gasteiger partial charge in [0.15, 0.2) is 5.82 Å². The molecule has 32 heavy (non-hydrogen) atoms. The fourth-order valence-electron chi connectivity index (χ4n) is 3.77. The topological polar surface area (TPSA) is 92.6 Å². The first kappa shape index (κ1) is 21.8. The fourth-order valence-corrected chi connectivity index (χ4v) is 3.77. The van der Waals surface area contributed by atoms with Gasteiger partial charge in [-0.1, -0.05) is 24.6 Å². The van der Waals surface area contributed by atoms with Crippen molar-refractivity contribution in [3.63, 3.8) is 0 Å². The van der Waals surface area contributed by atoms with Crippen LogP contribution in [0.3, 0.4) is 0 Å². The minimum Gasteiger partial charge on any atom is -0.322 e. The number of H-pyrrole nitrogens is 1. The van der Waals surface area contributed by atoms with Crippen LogP contribution in [0, 0.1) is 6.92 Å². The molecule has 0 unspecified atom stereocenters. The Morgan fingerprint density at radius 1 is 1.12 bits per heavy atom. The molecule has 3 heterocycles.